The van der Waals surface area contributed by atoms with Crippen LogP contribution < -0.4 is 5.32 Å². The molecule has 0 heterocycles. The van der Waals surface area contributed by atoms with Gasteiger partial charge in [0.2, 0.25) is 0 Å². The monoisotopic (exact) mass is 339 g/mol. The second kappa shape index (κ2) is 7.28. The minimum atomic E-state index is -0.273. The van der Waals surface area contributed by atoms with Gasteiger partial charge < -0.3 is 5.32 Å². The van der Waals surface area contributed by atoms with Gasteiger partial charge in [-0.3, -0.25) is 4.79 Å². The normalized spacial score (nSPS) is 10.4. The van der Waals surface area contributed by atoms with Gasteiger partial charge in [0.1, 0.15) is 5.82 Å². The Morgan fingerprint density at radius 2 is 1.67 bits per heavy atom. The molecule has 0 atom stereocenters. The summed E-state index contributed by atoms with van der Waals surface area (Å²) in [7, 11) is 0. The highest BCUT2D eigenvalue weighted by Gasteiger charge is 2.14. The fourth-order valence-electron chi connectivity index (χ4n) is 2.40. The van der Waals surface area contributed by atoms with Crippen molar-refractivity contribution in [3.63, 3.8) is 0 Å². The lowest BCUT2D eigenvalue weighted by Crippen LogP contribution is -2.08. The summed E-state index contributed by atoms with van der Waals surface area (Å²) >= 11 is 6.06. The lowest BCUT2D eigenvalue weighted by atomic mass is 10.0. The van der Waals surface area contributed by atoms with E-state index in [2.05, 4.69) is 5.32 Å². The zero-order valence-electron chi connectivity index (χ0n) is 12.8. The first kappa shape index (κ1) is 16.2. The molecule has 0 radical (unpaired) electrons. The van der Waals surface area contributed by atoms with Crippen LogP contribution in [0.15, 0.2) is 72.8 Å². The second-order valence-electron chi connectivity index (χ2n) is 5.37. The summed E-state index contributed by atoms with van der Waals surface area (Å²) in [6.07, 6.45) is 0. The first-order valence-electron chi connectivity index (χ1n) is 7.51. The van der Waals surface area contributed by atoms with Crippen molar-refractivity contribution in [1.82, 2.24) is 0 Å². The van der Waals surface area contributed by atoms with Crippen LogP contribution in [-0.2, 0) is 6.54 Å². The Labute approximate surface area is 144 Å². The Hall–Kier alpha value is -2.65. The summed E-state index contributed by atoms with van der Waals surface area (Å²) in [5.74, 6) is -0.370. The number of hydrogen-bond donors (Lipinski definition) is 1. The standard InChI is InChI=1S/C20H15ClFNO/c21-16-8-11-19(23-13-14-6-9-17(22)10-7-14)18(12-16)20(24)15-4-2-1-3-5-15/h1-12,23H,13H2. The zero-order valence-corrected chi connectivity index (χ0v) is 13.6. The third kappa shape index (κ3) is 3.81. The Kier molecular flexibility index (Phi) is 4.92. The van der Waals surface area contributed by atoms with Crippen molar-refractivity contribution in [2.45, 2.75) is 6.54 Å². The molecular formula is C20H15ClFNO. The summed E-state index contributed by atoms with van der Waals surface area (Å²) in [4.78, 5) is 12.7. The zero-order chi connectivity index (χ0) is 16.9. The van der Waals surface area contributed by atoms with E-state index in [1.165, 1.54) is 12.1 Å². The lowest BCUT2D eigenvalue weighted by molar-refractivity contribution is 0.103. The molecule has 3 aromatic rings. The SMILES string of the molecule is O=C(c1ccccc1)c1cc(Cl)ccc1NCc1ccc(F)cc1. The number of carbonyl (C=O) groups excluding carboxylic acids is 1. The van der Waals surface area contributed by atoms with Gasteiger partial charge in [0.25, 0.3) is 0 Å². The van der Waals surface area contributed by atoms with Crippen LogP contribution in [0.1, 0.15) is 21.5 Å². The highest BCUT2D eigenvalue weighted by atomic mass is 35.5. The predicted octanol–water partition coefficient (Wildman–Crippen LogP) is 5.32. The minimum Gasteiger partial charge on any atom is -0.380 e. The number of ketones is 1. The van der Waals surface area contributed by atoms with E-state index in [9.17, 15) is 9.18 Å². The highest BCUT2D eigenvalue weighted by Crippen LogP contribution is 2.24. The largest absolute Gasteiger partial charge is 0.380 e. The molecule has 1 N–H and O–H groups in total. The third-order valence-electron chi connectivity index (χ3n) is 3.66. The van der Waals surface area contributed by atoms with Gasteiger partial charge in [-0.15, -0.1) is 0 Å². The molecule has 120 valence electrons. The maximum Gasteiger partial charge on any atom is 0.195 e. The lowest BCUT2D eigenvalue weighted by Gasteiger charge is -2.12. The van der Waals surface area contributed by atoms with Crippen molar-refractivity contribution in [3.8, 4) is 0 Å². The second-order valence-corrected chi connectivity index (χ2v) is 5.80. The summed E-state index contributed by atoms with van der Waals surface area (Å²) in [6.45, 7) is 0.483. The minimum absolute atomic E-state index is 0.0975. The van der Waals surface area contributed by atoms with Crippen molar-refractivity contribution in [2.24, 2.45) is 0 Å². The van der Waals surface area contributed by atoms with Crippen LogP contribution in [0.5, 0.6) is 0 Å². The molecule has 0 amide bonds. The number of halogens is 2. The van der Waals surface area contributed by atoms with Crippen molar-refractivity contribution < 1.29 is 9.18 Å². The smallest absolute Gasteiger partial charge is 0.195 e. The van der Waals surface area contributed by atoms with Gasteiger partial charge in [-0.25, -0.2) is 4.39 Å². The van der Waals surface area contributed by atoms with Crippen LogP contribution >= 0.6 is 11.6 Å². The molecule has 0 aliphatic heterocycles. The van der Waals surface area contributed by atoms with Crippen molar-refractivity contribution in [2.75, 3.05) is 5.32 Å². The van der Waals surface area contributed by atoms with E-state index < -0.39 is 0 Å². The molecule has 0 aliphatic rings. The van der Waals surface area contributed by atoms with Crippen LogP contribution in [0.2, 0.25) is 5.02 Å². The molecule has 0 aromatic heterocycles. The van der Waals surface area contributed by atoms with Crippen LogP contribution in [0.3, 0.4) is 0 Å². The molecule has 0 bridgehead atoms. The molecule has 3 rings (SSSR count). The Balaban J connectivity index is 1.85. The number of nitrogens with one attached hydrogen (secondary N) is 1. The fourth-order valence-corrected chi connectivity index (χ4v) is 2.58. The van der Waals surface area contributed by atoms with Gasteiger partial charge in [0.05, 0.1) is 0 Å². The molecule has 3 aromatic carbocycles. The molecule has 2 nitrogen and oxygen atoms in total. The van der Waals surface area contributed by atoms with E-state index in [1.54, 1.807) is 42.5 Å². The highest BCUT2D eigenvalue weighted by molar-refractivity contribution is 6.31. The average Bonchev–Trinajstić information content (AvgIpc) is 2.62. The average molecular weight is 340 g/mol. The van der Waals surface area contributed by atoms with E-state index in [4.69, 9.17) is 11.6 Å². The third-order valence-corrected chi connectivity index (χ3v) is 3.89. The van der Waals surface area contributed by atoms with Crippen LogP contribution in [0.25, 0.3) is 0 Å². The van der Waals surface area contributed by atoms with E-state index in [1.807, 2.05) is 18.2 Å². The van der Waals surface area contributed by atoms with Crippen molar-refractivity contribution in [1.29, 1.82) is 0 Å². The topological polar surface area (TPSA) is 29.1 Å². The molecule has 24 heavy (non-hydrogen) atoms. The molecule has 0 saturated carbocycles. The van der Waals surface area contributed by atoms with E-state index in [0.717, 1.165) is 5.56 Å². The Morgan fingerprint density at radius 1 is 0.958 bits per heavy atom. The predicted molar refractivity (Wildman–Crippen MR) is 95.1 cm³/mol. The van der Waals surface area contributed by atoms with Crippen LogP contribution in [0, 0.1) is 5.82 Å². The van der Waals surface area contributed by atoms with Gasteiger partial charge in [0.15, 0.2) is 5.78 Å². The van der Waals surface area contributed by atoms with Crippen molar-refractivity contribution >= 4 is 23.1 Å². The first-order valence-corrected chi connectivity index (χ1v) is 7.89. The maximum atomic E-state index is 13.0. The maximum absolute atomic E-state index is 13.0. The first-order chi connectivity index (χ1) is 11.6. The number of benzene rings is 3. The molecule has 0 aliphatic carbocycles. The summed E-state index contributed by atoms with van der Waals surface area (Å²) in [6, 6.07) is 20.5. The summed E-state index contributed by atoms with van der Waals surface area (Å²) in [5, 5.41) is 3.73. The summed E-state index contributed by atoms with van der Waals surface area (Å²) in [5.41, 5.74) is 2.72. The molecular weight excluding hydrogens is 325 g/mol. The van der Waals surface area contributed by atoms with Crippen LogP contribution in [0.4, 0.5) is 10.1 Å². The van der Waals surface area contributed by atoms with Crippen LogP contribution in [-0.4, -0.2) is 5.78 Å². The van der Waals surface area contributed by atoms with Gasteiger partial charge >= 0.3 is 0 Å². The van der Waals surface area contributed by atoms with Gasteiger partial charge in [-0.05, 0) is 35.9 Å². The fraction of sp³-hybridized carbons (Fsp3) is 0.0500. The number of hydrogen-bond acceptors (Lipinski definition) is 2. The van der Waals surface area contributed by atoms with Crippen molar-refractivity contribution in [3.05, 3.63) is 100 Å². The molecule has 0 spiro atoms. The number of carbonyl (C=O) groups is 1. The quantitative estimate of drug-likeness (QED) is 0.637. The van der Waals surface area contributed by atoms with E-state index in [0.29, 0.717) is 28.4 Å². The molecule has 0 unspecified atom stereocenters. The number of anilines is 1. The summed E-state index contributed by atoms with van der Waals surface area (Å²) < 4.78 is 13.0. The van der Waals surface area contributed by atoms with Gasteiger partial charge in [0, 0.05) is 28.4 Å². The Bertz CT molecular complexity index is 847. The Morgan fingerprint density at radius 3 is 2.38 bits per heavy atom. The number of rotatable bonds is 5. The van der Waals surface area contributed by atoms with Gasteiger partial charge in [-0.1, -0.05) is 54.1 Å². The molecule has 0 fully saturated rings. The van der Waals surface area contributed by atoms with E-state index in [-0.39, 0.29) is 11.6 Å². The van der Waals surface area contributed by atoms with Gasteiger partial charge in [-0.2, -0.15) is 0 Å². The molecule has 4 heteroatoms. The molecule has 0 saturated heterocycles. The van der Waals surface area contributed by atoms with E-state index >= 15 is 0 Å².